The molecule has 1 fully saturated rings. The van der Waals surface area contributed by atoms with Gasteiger partial charge in [-0.05, 0) is 38.6 Å². The van der Waals surface area contributed by atoms with Gasteiger partial charge in [-0.2, -0.15) is 0 Å². The molecule has 3 unspecified atom stereocenters. The van der Waals surface area contributed by atoms with Crippen LogP contribution in [0.15, 0.2) is 0 Å². The molecular weight excluding hydrogens is 250 g/mol. The lowest BCUT2D eigenvalue weighted by molar-refractivity contribution is -0.126. The Morgan fingerprint density at radius 3 is 2.55 bits per heavy atom. The Labute approximate surface area is 124 Å². The van der Waals surface area contributed by atoms with Crippen LogP contribution in [0.4, 0.5) is 0 Å². The first-order valence-electron chi connectivity index (χ1n) is 8.39. The van der Waals surface area contributed by atoms with Crippen LogP contribution in [0.2, 0.25) is 0 Å². The smallest absolute Gasteiger partial charge is 0.237 e. The van der Waals surface area contributed by atoms with Crippen LogP contribution >= 0.6 is 0 Å². The van der Waals surface area contributed by atoms with E-state index in [0.717, 1.165) is 39.0 Å². The highest BCUT2D eigenvalue weighted by atomic mass is 16.2. The minimum atomic E-state index is 0.00252. The van der Waals surface area contributed by atoms with Crippen LogP contribution in [0.5, 0.6) is 0 Å². The topological polar surface area (TPSA) is 44.4 Å². The van der Waals surface area contributed by atoms with Crippen LogP contribution in [-0.4, -0.2) is 49.1 Å². The fraction of sp³-hybridized carbons (Fsp3) is 0.938. The second-order valence-electron chi connectivity index (χ2n) is 5.98. The summed E-state index contributed by atoms with van der Waals surface area (Å²) in [7, 11) is 0. The summed E-state index contributed by atoms with van der Waals surface area (Å²) in [6, 6.07) is 0.629. The van der Waals surface area contributed by atoms with E-state index in [1.54, 1.807) is 0 Å². The molecule has 20 heavy (non-hydrogen) atoms. The minimum absolute atomic E-state index is 0.00252. The van der Waals surface area contributed by atoms with Gasteiger partial charge >= 0.3 is 0 Å². The van der Waals surface area contributed by atoms with Gasteiger partial charge in [0.1, 0.15) is 0 Å². The molecule has 0 aromatic carbocycles. The number of amides is 1. The highest BCUT2D eigenvalue weighted by Gasteiger charge is 2.31. The average Bonchev–Trinajstić information content (AvgIpc) is 2.49. The molecular formula is C16H33N3O. The number of rotatable bonds is 8. The number of hydrogen-bond acceptors (Lipinski definition) is 3. The first kappa shape index (κ1) is 17.4. The van der Waals surface area contributed by atoms with Gasteiger partial charge in [-0.15, -0.1) is 0 Å². The zero-order valence-electron chi connectivity index (χ0n) is 13.7. The molecule has 0 spiro atoms. The van der Waals surface area contributed by atoms with Crippen molar-refractivity contribution in [3.05, 3.63) is 0 Å². The van der Waals surface area contributed by atoms with Crippen molar-refractivity contribution in [3.63, 3.8) is 0 Å². The van der Waals surface area contributed by atoms with E-state index in [4.69, 9.17) is 0 Å². The van der Waals surface area contributed by atoms with Gasteiger partial charge in [-0.25, -0.2) is 0 Å². The molecule has 1 heterocycles. The van der Waals surface area contributed by atoms with Crippen molar-refractivity contribution in [2.24, 2.45) is 5.92 Å². The Morgan fingerprint density at radius 1 is 1.25 bits per heavy atom. The molecule has 1 aliphatic heterocycles. The first-order valence-corrected chi connectivity index (χ1v) is 8.39. The number of nitrogens with zero attached hydrogens (tertiary/aromatic N) is 1. The molecule has 1 aliphatic rings. The zero-order chi connectivity index (χ0) is 15.0. The maximum atomic E-state index is 12.1. The maximum absolute atomic E-state index is 12.1. The molecule has 0 aromatic heterocycles. The van der Waals surface area contributed by atoms with Gasteiger partial charge in [0.15, 0.2) is 0 Å². The lowest BCUT2D eigenvalue weighted by Gasteiger charge is -2.41. The van der Waals surface area contributed by atoms with E-state index in [9.17, 15) is 4.79 Å². The predicted molar refractivity (Wildman–Crippen MR) is 84.8 cm³/mol. The fourth-order valence-corrected chi connectivity index (χ4v) is 2.99. The summed E-state index contributed by atoms with van der Waals surface area (Å²) >= 11 is 0. The molecule has 0 aliphatic carbocycles. The Morgan fingerprint density at radius 2 is 1.95 bits per heavy atom. The van der Waals surface area contributed by atoms with E-state index < -0.39 is 0 Å². The van der Waals surface area contributed by atoms with Crippen molar-refractivity contribution in [1.82, 2.24) is 15.5 Å². The van der Waals surface area contributed by atoms with Crippen molar-refractivity contribution < 1.29 is 4.79 Å². The summed E-state index contributed by atoms with van der Waals surface area (Å²) in [4.78, 5) is 14.4. The van der Waals surface area contributed by atoms with Gasteiger partial charge in [0.2, 0.25) is 5.91 Å². The van der Waals surface area contributed by atoms with E-state index in [0.29, 0.717) is 12.0 Å². The van der Waals surface area contributed by atoms with Gasteiger partial charge in [-0.3, -0.25) is 9.69 Å². The van der Waals surface area contributed by atoms with Crippen LogP contribution < -0.4 is 10.6 Å². The van der Waals surface area contributed by atoms with Gasteiger partial charge in [0, 0.05) is 25.7 Å². The third-order valence-electron chi connectivity index (χ3n) is 4.42. The van der Waals surface area contributed by atoms with Gasteiger partial charge in [-0.1, -0.05) is 27.2 Å². The summed E-state index contributed by atoms with van der Waals surface area (Å²) in [5.41, 5.74) is 0. The number of carbonyl (C=O) groups excluding carboxylic acids is 1. The number of likely N-dealkylation sites (tertiary alicyclic amines) is 1. The van der Waals surface area contributed by atoms with E-state index in [2.05, 4.69) is 36.3 Å². The predicted octanol–water partition coefficient (Wildman–Crippen LogP) is 2.00. The van der Waals surface area contributed by atoms with Crippen molar-refractivity contribution in [3.8, 4) is 0 Å². The number of hydrogen-bond donors (Lipinski definition) is 2. The summed E-state index contributed by atoms with van der Waals surface area (Å²) < 4.78 is 0. The lowest BCUT2D eigenvalue weighted by Crippen LogP contribution is -2.55. The molecule has 0 saturated carbocycles. The van der Waals surface area contributed by atoms with Crippen LogP contribution in [-0.2, 0) is 4.79 Å². The molecule has 2 N–H and O–H groups in total. The summed E-state index contributed by atoms with van der Waals surface area (Å²) in [6.45, 7) is 12.6. The molecule has 0 radical (unpaired) electrons. The fourth-order valence-electron chi connectivity index (χ4n) is 2.99. The molecule has 118 valence electrons. The zero-order valence-corrected chi connectivity index (χ0v) is 13.7. The Bertz CT molecular complexity index is 283. The van der Waals surface area contributed by atoms with Crippen LogP contribution in [0.1, 0.15) is 53.4 Å². The van der Waals surface area contributed by atoms with Crippen LogP contribution in [0.3, 0.4) is 0 Å². The molecule has 1 amide bonds. The average molecular weight is 283 g/mol. The molecule has 1 rings (SSSR count). The molecule has 1 saturated heterocycles. The SMILES string of the molecule is CCCNC(=O)C(C)N1CCC(NCCC)C(CC)C1. The van der Waals surface area contributed by atoms with Gasteiger partial charge < -0.3 is 10.6 Å². The highest BCUT2D eigenvalue weighted by molar-refractivity contribution is 5.81. The van der Waals surface area contributed by atoms with Crippen molar-refractivity contribution in [1.29, 1.82) is 0 Å². The Hall–Kier alpha value is -0.610. The van der Waals surface area contributed by atoms with E-state index in [-0.39, 0.29) is 11.9 Å². The monoisotopic (exact) mass is 283 g/mol. The van der Waals surface area contributed by atoms with Gasteiger partial charge in [0.25, 0.3) is 0 Å². The molecule has 4 heteroatoms. The molecule has 4 nitrogen and oxygen atoms in total. The third kappa shape index (κ3) is 5.06. The van der Waals surface area contributed by atoms with Crippen LogP contribution in [0.25, 0.3) is 0 Å². The quantitative estimate of drug-likeness (QED) is 0.716. The van der Waals surface area contributed by atoms with E-state index in [1.165, 1.54) is 12.8 Å². The largest absolute Gasteiger partial charge is 0.355 e. The number of piperidine rings is 1. The van der Waals surface area contributed by atoms with Crippen LogP contribution in [0, 0.1) is 5.92 Å². The van der Waals surface area contributed by atoms with E-state index >= 15 is 0 Å². The third-order valence-corrected chi connectivity index (χ3v) is 4.42. The Balaban J connectivity index is 2.48. The van der Waals surface area contributed by atoms with E-state index in [1.807, 2.05) is 6.92 Å². The summed E-state index contributed by atoms with van der Waals surface area (Å²) in [5, 5.41) is 6.68. The van der Waals surface area contributed by atoms with Crippen molar-refractivity contribution >= 4 is 5.91 Å². The second kappa shape index (κ2) is 9.35. The Kier molecular flexibility index (Phi) is 8.15. The molecule has 0 bridgehead atoms. The highest BCUT2D eigenvalue weighted by Crippen LogP contribution is 2.22. The summed E-state index contributed by atoms with van der Waals surface area (Å²) in [5.74, 6) is 0.846. The summed E-state index contributed by atoms with van der Waals surface area (Å²) in [6.07, 6.45) is 4.52. The standard InChI is InChI=1S/C16H33N3O/c1-5-9-17-15-8-11-19(12-14(15)7-3)13(4)16(20)18-10-6-2/h13-15,17H,5-12H2,1-4H3,(H,18,20). The molecule has 0 aromatic rings. The first-order chi connectivity index (χ1) is 9.63. The van der Waals surface area contributed by atoms with Crippen molar-refractivity contribution in [2.75, 3.05) is 26.2 Å². The lowest BCUT2D eigenvalue weighted by atomic mass is 9.89. The van der Waals surface area contributed by atoms with Crippen molar-refractivity contribution in [2.45, 2.75) is 65.5 Å². The van der Waals surface area contributed by atoms with Gasteiger partial charge in [0.05, 0.1) is 6.04 Å². The maximum Gasteiger partial charge on any atom is 0.237 e. The molecule has 3 atom stereocenters. The number of nitrogens with one attached hydrogen (secondary N) is 2. The normalized spacial score (nSPS) is 25.4. The minimum Gasteiger partial charge on any atom is -0.355 e. The number of carbonyl (C=O) groups is 1. The second-order valence-corrected chi connectivity index (χ2v) is 5.98.